The maximum Gasteiger partial charge on any atom is 0.573 e. The molecule has 5 rings (SSSR count). The highest BCUT2D eigenvalue weighted by Crippen LogP contribution is 2.39. The minimum absolute atomic E-state index is 0.0513. The van der Waals surface area contributed by atoms with Gasteiger partial charge in [-0.05, 0) is 55.3 Å². The van der Waals surface area contributed by atoms with Crippen LogP contribution in [0, 0.1) is 0 Å². The summed E-state index contributed by atoms with van der Waals surface area (Å²) in [5.74, 6) is 0.251. The number of hydrogen-bond donors (Lipinski definition) is 0. The van der Waals surface area contributed by atoms with Crippen molar-refractivity contribution in [2.75, 3.05) is 20.2 Å². The fraction of sp³-hybridized carbons (Fsp3) is 0.280. The van der Waals surface area contributed by atoms with Gasteiger partial charge in [0.1, 0.15) is 22.8 Å². The third kappa shape index (κ3) is 5.03. The monoisotopic (exact) mass is 566 g/mol. The number of aromatic nitrogens is 3. The van der Waals surface area contributed by atoms with E-state index in [-0.39, 0.29) is 46.2 Å². The van der Waals surface area contributed by atoms with Crippen molar-refractivity contribution in [3.63, 3.8) is 0 Å². The van der Waals surface area contributed by atoms with Crippen LogP contribution in [0.15, 0.2) is 65.7 Å². The van der Waals surface area contributed by atoms with Crippen LogP contribution in [0.25, 0.3) is 22.6 Å². The number of fused-ring (bicyclic) bond motifs is 1. The number of alkyl halides is 3. The van der Waals surface area contributed by atoms with Gasteiger partial charge in [0.25, 0.3) is 0 Å². The van der Waals surface area contributed by atoms with Crippen LogP contribution >= 0.6 is 11.6 Å². The van der Waals surface area contributed by atoms with Crippen molar-refractivity contribution in [2.45, 2.75) is 30.1 Å². The van der Waals surface area contributed by atoms with Gasteiger partial charge in [-0.3, -0.25) is 0 Å². The molecule has 0 radical (unpaired) electrons. The largest absolute Gasteiger partial charge is 0.573 e. The van der Waals surface area contributed by atoms with E-state index in [1.54, 1.807) is 29.0 Å². The smallest absolute Gasteiger partial charge is 0.495 e. The van der Waals surface area contributed by atoms with Crippen LogP contribution < -0.4 is 9.47 Å². The van der Waals surface area contributed by atoms with Gasteiger partial charge in [-0.2, -0.15) is 4.31 Å². The van der Waals surface area contributed by atoms with Crippen LogP contribution in [0.5, 0.6) is 11.5 Å². The number of halogens is 4. The van der Waals surface area contributed by atoms with E-state index in [1.807, 2.05) is 0 Å². The van der Waals surface area contributed by atoms with Crippen LogP contribution in [-0.2, 0) is 10.0 Å². The molecule has 1 aliphatic heterocycles. The lowest BCUT2D eigenvalue weighted by atomic mass is 10.1. The topological polar surface area (TPSA) is 86.6 Å². The summed E-state index contributed by atoms with van der Waals surface area (Å²) < 4.78 is 78.5. The van der Waals surface area contributed by atoms with Gasteiger partial charge >= 0.3 is 6.36 Å². The Balaban J connectivity index is 1.47. The highest BCUT2D eigenvalue weighted by Gasteiger charge is 2.35. The second-order valence-electron chi connectivity index (χ2n) is 8.63. The van der Waals surface area contributed by atoms with Crippen molar-refractivity contribution < 1.29 is 31.1 Å². The lowest BCUT2D eigenvalue weighted by Crippen LogP contribution is -2.39. The number of pyridine rings is 1. The minimum Gasteiger partial charge on any atom is -0.495 e. The molecule has 0 spiro atoms. The quantitative estimate of drug-likeness (QED) is 0.298. The Labute approximate surface area is 221 Å². The summed E-state index contributed by atoms with van der Waals surface area (Å²) in [6, 6.07) is 13.2. The Bertz CT molecular complexity index is 1590. The van der Waals surface area contributed by atoms with Crippen LogP contribution in [0.2, 0.25) is 5.02 Å². The van der Waals surface area contributed by atoms with Crippen LogP contribution in [0.1, 0.15) is 18.9 Å². The molecule has 1 aliphatic rings. The normalized spacial score (nSPS) is 15.6. The molecule has 200 valence electrons. The molecule has 0 aliphatic carbocycles. The van der Waals surface area contributed by atoms with Crippen LogP contribution in [0.4, 0.5) is 13.2 Å². The first-order valence-electron chi connectivity index (χ1n) is 11.6. The Hall–Kier alpha value is -3.35. The highest BCUT2D eigenvalue weighted by molar-refractivity contribution is 7.89. The first-order chi connectivity index (χ1) is 18.1. The van der Waals surface area contributed by atoms with Gasteiger partial charge in [0, 0.05) is 25.3 Å². The molecule has 0 atom stereocenters. The number of ether oxygens (including phenoxy) is 2. The van der Waals surface area contributed by atoms with Crippen molar-refractivity contribution in [2.24, 2.45) is 0 Å². The lowest BCUT2D eigenvalue weighted by molar-refractivity contribution is -0.274. The first-order valence-corrected chi connectivity index (χ1v) is 13.4. The summed E-state index contributed by atoms with van der Waals surface area (Å²) in [5, 5.41) is 0.184. The van der Waals surface area contributed by atoms with E-state index in [1.165, 1.54) is 47.8 Å². The number of imidazole rings is 1. The Kier molecular flexibility index (Phi) is 6.97. The number of rotatable bonds is 6. The van der Waals surface area contributed by atoms with E-state index in [0.717, 1.165) is 0 Å². The van der Waals surface area contributed by atoms with Crippen molar-refractivity contribution in [3.8, 4) is 22.9 Å². The zero-order chi connectivity index (χ0) is 27.1. The molecule has 3 heterocycles. The Morgan fingerprint density at radius 3 is 2.45 bits per heavy atom. The van der Waals surface area contributed by atoms with Crippen LogP contribution in [-0.4, -0.2) is 53.8 Å². The zero-order valence-corrected chi connectivity index (χ0v) is 21.6. The van der Waals surface area contributed by atoms with Crippen molar-refractivity contribution in [1.82, 2.24) is 18.8 Å². The van der Waals surface area contributed by atoms with Crippen molar-refractivity contribution >= 4 is 32.8 Å². The molecule has 2 aromatic heterocycles. The molecule has 0 saturated carbocycles. The number of nitrogens with zero attached hydrogens (tertiary/aromatic N) is 4. The molecular formula is C25H22ClF3N4O4S. The average Bonchev–Trinajstić information content (AvgIpc) is 3.27. The molecule has 2 aromatic carbocycles. The van der Waals surface area contributed by atoms with E-state index in [4.69, 9.17) is 16.3 Å². The third-order valence-electron chi connectivity index (χ3n) is 6.35. The van der Waals surface area contributed by atoms with Gasteiger partial charge in [-0.25, -0.2) is 18.4 Å². The predicted molar refractivity (Wildman–Crippen MR) is 135 cm³/mol. The average molecular weight is 567 g/mol. The summed E-state index contributed by atoms with van der Waals surface area (Å²) in [6.45, 7) is 0.368. The number of para-hydroxylation sites is 1. The van der Waals surface area contributed by atoms with E-state index >= 15 is 0 Å². The van der Waals surface area contributed by atoms with E-state index in [0.29, 0.717) is 29.8 Å². The second-order valence-corrected chi connectivity index (χ2v) is 11.0. The second kappa shape index (κ2) is 10.1. The zero-order valence-electron chi connectivity index (χ0n) is 20.0. The third-order valence-corrected chi connectivity index (χ3v) is 8.54. The van der Waals surface area contributed by atoms with Gasteiger partial charge in [0.2, 0.25) is 10.0 Å². The highest BCUT2D eigenvalue weighted by atomic mass is 35.5. The molecule has 1 saturated heterocycles. The maximum absolute atomic E-state index is 13.3. The summed E-state index contributed by atoms with van der Waals surface area (Å²) in [7, 11) is -2.38. The molecule has 8 nitrogen and oxygen atoms in total. The molecule has 0 bridgehead atoms. The molecule has 0 N–H and O–H groups in total. The Morgan fingerprint density at radius 1 is 1.03 bits per heavy atom. The maximum atomic E-state index is 13.3. The van der Waals surface area contributed by atoms with Crippen molar-refractivity contribution in [3.05, 3.63) is 65.8 Å². The predicted octanol–water partition coefficient (Wildman–Crippen LogP) is 5.68. The number of sulfonamides is 1. The lowest BCUT2D eigenvalue weighted by Gasteiger charge is -2.32. The number of hydrogen-bond acceptors (Lipinski definition) is 6. The summed E-state index contributed by atoms with van der Waals surface area (Å²) in [6.07, 6.45) is -2.52. The van der Waals surface area contributed by atoms with Gasteiger partial charge in [0.15, 0.2) is 5.65 Å². The fourth-order valence-corrected chi connectivity index (χ4v) is 6.45. The molecule has 4 aromatic rings. The number of piperidine rings is 1. The fourth-order valence-electron chi connectivity index (χ4n) is 4.63. The number of methoxy groups -OCH3 is 1. The minimum atomic E-state index is -4.88. The molecule has 0 amide bonds. The van der Waals surface area contributed by atoms with Gasteiger partial charge < -0.3 is 14.0 Å². The molecule has 38 heavy (non-hydrogen) atoms. The summed E-state index contributed by atoms with van der Waals surface area (Å²) in [4.78, 5) is 9.06. The standard InChI is InChI=1S/C25H22ClF3N4O4S/c1-36-22-9-8-17(15-19(22)26)38(34,35)32-13-10-16(11-14-32)33-23(31-20-6-4-12-30-24(20)33)18-5-2-3-7-21(18)37-25(27,28)29/h2-9,12,15-16H,10-11,13-14H2,1H3. The van der Waals surface area contributed by atoms with E-state index in [2.05, 4.69) is 14.7 Å². The first kappa shape index (κ1) is 26.3. The number of benzene rings is 2. The van der Waals surface area contributed by atoms with Gasteiger partial charge in [-0.1, -0.05) is 23.7 Å². The Morgan fingerprint density at radius 2 is 1.76 bits per heavy atom. The SMILES string of the molecule is COc1ccc(S(=O)(=O)N2CCC(n3c(-c4ccccc4OC(F)(F)F)nc4cccnc43)CC2)cc1Cl. The van der Waals surface area contributed by atoms with Gasteiger partial charge in [-0.15, -0.1) is 13.2 Å². The molecule has 13 heteroatoms. The molecule has 0 unspecified atom stereocenters. The van der Waals surface area contributed by atoms with Crippen molar-refractivity contribution in [1.29, 1.82) is 0 Å². The van der Waals surface area contributed by atoms with Gasteiger partial charge in [0.05, 0.1) is 22.6 Å². The molecule has 1 fully saturated rings. The summed E-state index contributed by atoms with van der Waals surface area (Å²) in [5.41, 5.74) is 1.16. The summed E-state index contributed by atoms with van der Waals surface area (Å²) >= 11 is 6.14. The van der Waals surface area contributed by atoms with E-state index < -0.39 is 16.4 Å². The van der Waals surface area contributed by atoms with E-state index in [9.17, 15) is 21.6 Å². The molecular weight excluding hydrogens is 545 g/mol. The van der Waals surface area contributed by atoms with Crippen LogP contribution in [0.3, 0.4) is 0 Å².